The summed E-state index contributed by atoms with van der Waals surface area (Å²) < 4.78 is 10.4. The van der Waals surface area contributed by atoms with Gasteiger partial charge in [0.1, 0.15) is 5.75 Å². The van der Waals surface area contributed by atoms with Crippen molar-refractivity contribution in [3.05, 3.63) is 23.2 Å². The Kier molecular flexibility index (Phi) is 6.01. The maximum atomic E-state index is 13.0. The summed E-state index contributed by atoms with van der Waals surface area (Å²) in [7, 11) is 1.48. The molecule has 0 radical (unpaired) electrons. The van der Waals surface area contributed by atoms with Crippen LogP contribution in [0.25, 0.3) is 0 Å². The predicted octanol–water partition coefficient (Wildman–Crippen LogP) is 2.26. The van der Waals surface area contributed by atoms with Crippen molar-refractivity contribution >= 4 is 35.1 Å². The zero-order chi connectivity index (χ0) is 19.6. The Morgan fingerprint density at radius 3 is 2.59 bits per heavy atom. The third kappa shape index (κ3) is 3.94. The van der Waals surface area contributed by atoms with Gasteiger partial charge in [-0.15, -0.1) is 0 Å². The molecule has 1 aromatic rings. The van der Waals surface area contributed by atoms with Crippen LogP contribution in [0.5, 0.6) is 5.75 Å². The van der Waals surface area contributed by atoms with Gasteiger partial charge in [-0.3, -0.25) is 19.3 Å². The van der Waals surface area contributed by atoms with Crippen LogP contribution in [-0.2, 0) is 19.1 Å². The van der Waals surface area contributed by atoms with E-state index in [0.717, 1.165) is 4.90 Å². The summed E-state index contributed by atoms with van der Waals surface area (Å²) in [4.78, 5) is 40.6. The van der Waals surface area contributed by atoms with Gasteiger partial charge in [-0.2, -0.15) is 0 Å². The molecule has 2 amide bonds. The lowest BCUT2D eigenvalue weighted by molar-refractivity contribution is -0.149. The van der Waals surface area contributed by atoms with Crippen molar-refractivity contribution in [1.82, 2.24) is 4.90 Å². The van der Waals surface area contributed by atoms with Crippen LogP contribution < -0.4 is 9.64 Å². The van der Waals surface area contributed by atoms with Crippen molar-refractivity contribution < 1.29 is 23.9 Å². The highest BCUT2D eigenvalue weighted by Gasteiger charge is 2.44. The van der Waals surface area contributed by atoms with Gasteiger partial charge in [-0.25, -0.2) is 4.90 Å². The lowest BCUT2D eigenvalue weighted by atomic mass is 9.95. The van der Waals surface area contributed by atoms with Gasteiger partial charge in [0.15, 0.2) is 0 Å². The molecule has 0 bridgehead atoms. The minimum Gasteiger partial charge on any atom is -0.495 e. The number of anilines is 1. The Labute approximate surface area is 163 Å². The maximum absolute atomic E-state index is 13.0. The number of hydrogen-bond acceptors (Lipinski definition) is 6. The number of amides is 2. The van der Waals surface area contributed by atoms with Crippen LogP contribution in [0.1, 0.15) is 26.2 Å². The first kappa shape index (κ1) is 19.6. The van der Waals surface area contributed by atoms with Crippen LogP contribution in [0.3, 0.4) is 0 Å². The highest BCUT2D eigenvalue weighted by molar-refractivity contribution is 6.31. The number of likely N-dealkylation sites (tertiary alicyclic amines) is 1. The number of imide groups is 1. The summed E-state index contributed by atoms with van der Waals surface area (Å²) in [5.74, 6) is -0.468. The second-order valence-electron chi connectivity index (χ2n) is 6.67. The highest BCUT2D eigenvalue weighted by Crippen LogP contribution is 2.36. The number of benzene rings is 1. The standard InChI is InChI=1S/C19H23ClN2O5/c1-3-27-19(25)12-6-8-21(9-7-12)15-11-17(23)22(18(15)24)14-10-13(20)4-5-16(14)26-2/h4-5,10,12,15H,3,6-9,11H2,1-2H3/t15-/m1/s1. The number of rotatable bonds is 5. The number of halogens is 1. The Morgan fingerprint density at radius 1 is 1.26 bits per heavy atom. The smallest absolute Gasteiger partial charge is 0.309 e. The zero-order valence-electron chi connectivity index (χ0n) is 15.4. The van der Waals surface area contributed by atoms with Crippen molar-refractivity contribution in [1.29, 1.82) is 0 Å². The molecule has 2 heterocycles. The highest BCUT2D eigenvalue weighted by atomic mass is 35.5. The Hall–Kier alpha value is -2.12. The van der Waals surface area contributed by atoms with Crippen LogP contribution in [0.4, 0.5) is 5.69 Å². The van der Waals surface area contributed by atoms with Gasteiger partial charge in [0.25, 0.3) is 5.91 Å². The molecule has 0 spiro atoms. The fourth-order valence-electron chi connectivity index (χ4n) is 3.70. The molecule has 146 valence electrons. The molecule has 0 unspecified atom stereocenters. The van der Waals surface area contributed by atoms with Gasteiger partial charge < -0.3 is 9.47 Å². The molecule has 1 atom stereocenters. The number of carbonyl (C=O) groups is 3. The molecule has 2 aliphatic heterocycles. The number of esters is 1. The van der Waals surface area contributed by atoms with E-state index in [2.05, 4.69) is 0 Å². The molecule has 3 rings (SSSR count). The number of ether oxygens (including phenoxy) is 2. The summed E-state index contributed by atoms with van der Waals surface area (Å²) in [6, 6.07) is 4.32. The molecular formula is C19H23ClN2O5. The first-order chi connectivity index (χ1) is 13.0. The van der Waals surface area contributed by atoms with Crippen molar-refractivity contribution in [2.24, 2.45) is 5.92 Å². The number of hydrogen-bond donors (Lipinski definition) is 0. The van der Waals surface area contributed by atoms with E-state index in [0.29, 0.717) is 49.0 Å². The number of carbonyl (C=O) groups excluding carboxylic acids is 3. The average molecular weight is 395 g/mol. The fraction of sp³-hybridized carbons (Fsp3) is 0.526. The van der Waals surface area contributed by atoms with Gasteiger partial charge in [-0.05, 0) is 51.1 Å². The van der Waals surface area contributed by atoms with E-state index in [9.17, 15) is 14.4 Å². The first-order valence-corrected chi connectivity index (χ1v) is 9.45. The van der Waals surface area contributed by atoms with E-state index >= 15 is 0 Å². The molecule has 0 N–H and O–H groups in total. The quantitative estimate of drug-likeness (QED) is 0.563. The normalized spacial score (nSPS) is 21.6. The number of methoxy groups -OCH3 is 1. The van der Waals surface area contributed by atoms with E-state index in [-0.39, 0.29) is 30.1 Å². The Bertz CT molecular complexity index is 746. The summed E-state index contributed by atoms with van der Waals surface area (Å²) in [6.07, 6.45) is 1.35. The van der Waals surface area contributed by atoms with E-state index < -0.39 is 6.04 Å². The second-order valence-corrected chi connectivity index (χ2v) is 7.10. The minimum absolute atomic E-state index is 0.110. The van der Waals surface area contributed by atoms with Gasteiger partial charge in [-0.1, -0.05) is 11.6 Å². The lowest BCUT2D eigenvalue weighted by Gasteiger charge is -2.33. The van der Waals surface area contributed by atoms with Gasteiger partial charge in [0.2, 0.25) is 5.91 Å². The van der Waals surface area contributed by atoms with Crippen LogP contribution >= 0.6 is 11.6 Å². The van der Waals surface area contributed by atoms with E-state index in [4.69, 9.17) is 21.1 Å². The van der Waals surface area contributed by atoms with Crippen molar-refractivity contribution in [2.45, 2.75) is 32.2 Å². The van der Waals surface area contributed by atoms with Crippen LogP contribution in [0, 0.1) is 5.92 Å². The fourth-order valence-corrected chi connectivity index (χ4v) is 3.87. The summed E-state index contributed by atoms with van der Waals surface area (Å²) in [5, 5.41) is 0.421. The monoisotopic (exact) mass is 394 g/mol. The van der Waals surface area contributed by atoms with Gasteiger partial charge in [0, 0.05) is 5.02 Å². The van der Waals surface area contributed by atoms with Crippen molar-refractivity contribution in [2.75, 3.05) is 31.7 Å². The molecule has 7 nitrogen and oxygen atoms in total. The summed E-state index contributed by atoms with van der Waals surface area (Å²) >= 11 is 6.05. The number of piperidine rings is 1. The largest absolute Gasteiger partial charge is 0.495 e. The Morgan fingerprint density at radius 2 is 1.96 bits per heavy atom. The van der Waals surface area contributed by atoms with Crippen molar-refractivity contribution in [3.63, 3.8) is 0 Å². The molecule has 0 saturated carbocycles. The SMILES string of the molecule is CCOC(=O)C1CCN([C@@H]2CC(=O)N(c3cc(Cl)ccc3OC)C2=O)CC1. The number of nitrogens with zero attached hydrogens (tertiary/aromatic N) is 2. The van der Waals surface area contributed by atoms with Gasteiger partial charge >= 0.3 is 5.97 Å². The van der Waals surface area contributed by atoms with Crippen LogP contribution in [0.15, 0.2) is 18.2 Å². The molecule has 1 aromatic carbocycles. The average Bonchev–Trinajstić information content (AvgIpc) is 2.96. The van der Waals surface area contributed by atoms with E-state index in [1.54, 1.807) is 25.1 Å². The summed E-state index contributed by atoms with van der Waals surface area (Å²) in [5.41, 5.74) is 0.365. The molecule has 2 aliphatic rings. The molecule has 27 heavy (non-hydrogen) atoms. The lowest BCUT2D eigenvalue weighted by Crippen LogP contribution is -2.47. The van der Waals surface area contributed by atoms with Crippen LogP contribution in [-0.4, -0.2) is 55.5 Å². The molecular weight excluding hydrogens is 372 g/mol. The molecule has 0 aromatic heterocycles. The molecule has 2 saturated heterocycles. The molecule has 0 aliphatic carbocycles. The third-order valence-corrected chi connectivity index (χ3v) is 5.33. The van der Waals surface area contributed by atoms with E-state index in [1.165, 1.54) is 7.11 Å². The third-order valence-electron chi connectivity index (χ3n) is 5.09. The predicted molar refractivity (Wildman–Crippen MR) is 99.8 cm³/mol. The molecule has 2 fully saturated rings. The van der Waals surface area contributed by atoms with Crippen LogP contribution in [0.2, 0.25) is 5.02 Å². The molecule has 8 heteroatoms. The van der Waals surface area contributed by atoms with E-state index in [1.807, 2.05) is 4.90 Å². The minimum atomic E-state index is -0.524. The van der Waals surface area contributed by atoms with Crippen molar-refractivity contribution in [3.8, 4) is 5.75 Å². The maximum Gasteiger partial charge on any atom is 0.309 e. The Balaban J connectivity index is 1.72. The zero-order valence-corrected chi connectivity index (χ0v) is 16.2. The topological polar surface area (TPSA) is 76.2 Å². The summed E-state index contributed by atoms with van der Waals surface area (Å²) in [6.45, 7) is 3.31. The first-order valence-electron chi connectivity index (χ1n) is 9.07. The van der Waals surface area contributed by atoms with Gasteiger partial charge in [0.05, 0.1) is 37.8 Å². The second kappa shape index (κ2) is 8.27.